The summed E-state index contributed by atoms with van der Waals surface area (Å²) in [5.41, 5.74) is 3.77. The fourth-order valence-corrected chi connectivity index (χ4v) is 3.86. The highest BCUT2D eigenvalue weighted by atomic mass is 19.1. The first-order valence-corrected chi connectivity index (χ1v) is 10.9. The second kappa shape index (κ2) is 9.34. The van der Waals surface area contributed by atoms with E-state index in [2.05, 4.69) is 15.3 Å². The Morgan fingerprint density at radius 3 is 2.54 bits per heavy atom. The topological polar surface area (TPSA) is 79.8 Å². The number of H-pyrrole nitrogens is 1. The highest BCUT2D eigenvalue weighted by Crippen LogP contribution is 2.21. The molecule has 3 aromatic carbocycles. The van der Waals surface area contributed by atoms with Gasteiger partial charge in [-0.1, -0.05) is 24.3 Å². The minimum Gasteiger partial charge on any atom is -0.367 e. The molecule has 0 saturated carbocycles. The molecule has 8 heteroatoms. The Kier molecular flexibility index (Phi) is 5.93. The summed E-state index contributed by atoms with van der Waals surface area (Å²) in [5, 5.41) is 3.15. The lowest BCUT2D eigenvalue weighted by Gasteiger charge is -2.09. The molecule has 0 bridgehead atoms. The molecule has 0 aliphatic carbocycles. The smallest absolute Gasteiger partial charge is 0.261 e. The van der Waals surface area contributed by atoms with Crippen LogP contribution in [0.15, 0.2) is 90.2 Å². The number of fused-ring (bicyclic) bond motifs is 1. The Labute approximate surface area is 198 Å². The molecule has 0 unspecified atom stereocenters. The third kappa shape index (κ3) is 4.72. The van der Waals surface area contributed by atoms with E-state index in [1.165, 1.54) is 17.0 Å². The van der Waals surface area contributed by atoms with Crippen LogP contribution in [0.25, 0.3) is 22.0 Å². The highest BCUT2D eigenvalue weighted by molar-refractivity contribution is 5.94. The maximum absolute atomic E-state index is 13.8. The van der Waals surface area contributed by atoms with Gasteiger partial charge in [0.15, 0.2) is 0 Å². The predicted molar refractivity (Wildman–Crippen MR) is 129 cm³/mol. The summed E-state index contributed by atoms with van der Waals surface area (Å²) < 4.78 is 28.3. The maximum atomic E-state index is 13.8. The summed E-state index contributed by atoms with van der Waals surface area (Å²) in [6, 6.07) is 17.5. The second-order valence-electron chi connectivity index (χ2n) is 8.12. The van der Waals surface area contributed by atoms with Crippen LogP contribution in [-0.2, 0) is 13.1 Å². The van der Waals surface area contributed by atoms with E-state index in [1.807, 2.05) is 36.7 Å². The van der Waals surface area contributed by atoms with Crippen molar-refractivity contribution >= 4 is 16.8 Å². The first kappa shape index (κ1) is 22.2. The van der Waals surface area contributed by atoms with Gasteiger partial charge in [-0.05, 0) is 53.1 Å². The summed E-state index contributed by atoms with van der Waals surface area (Å²) in [7, 11) is 0. The molecule has 0 saturated heterocycles. The van der Waals surface area contributed by atoms with Gasteiger partial charge in [0.1, 0.15) is 11.6 Å². The number of carbonyl (C=O) groups excluding carboxylic acids is 1. The molecule has 0 aliphatic heterocycles. The Balaban J connectivity index is 1.30. The zero-order chi connectivity index (χ0) is 24.4. The van der Waals surface area contributed by atoms with Gasteiger partial charge >= 0.3 is 0 Å². The Bertz CT molecular complexity index is 1580. The number of aromatic amines is 1. The van der Waals surface area contributed by atoms with Crippen LogP contribution in [0.1, 0.15) is 21.5 Å². The van der Waals surface area contributed by atoms with E-state index >= 15 is 0 Å². The van der Waals surface area contributed by atoms with Crippen LogP contribution in [0, 0.1) is 11.6 Å². The lowest BCUT2D eigenvalue weighted by molar-refractivity contribution is 0.0950. The van der Waals surface area contributed by atoms with Gasteiger partial charge < -0.3 is 10.3 Å². The molecule has 0 aliphatic rings. The van der Waals surface area contributed by atoms with Crippen molar-refractivity contribution in [2.24, 2.45) is 0 Å². The van der Waals surface area contributed by atoms with Gasteiger partial charge in [-0.3, -0.25) is 14.2 Å². The summed E-state index contributed by atoms with van der Waals surface area (Å²) in [6.07, 6.45) is 5.20. The molecule has 5 rings (SSSR count). The predicted octanol–water partition coefficient (Wildman–Crippen LogP) is 4.65. The van der Waals surface area contributed by atoms with Crippen LogP contribution in [0.2, 0.25) is 0 Å². The number of aromatic nitrogens is 3. The molecule has 5 aromatic rings. The van der Waals surface area contributed by atoms with Crippen molar-refractivity contribution in [1.29, 1.82) is 0 Å². The van der Waals surface area contributed by atoms with Gasteiger partial charge in [0.05, 0.1) is 23.8 Å². The molecular formula is C27H20F2N4O2. The molecule has 0 fully saturated rings. The largest absolute Gasteiger partial charge is 0.367 e. The number of nitrogens with zero attached hydrogens (tertiary/aromatic N) is 2. The molecule has 35 heavy (non-hydrogen) atoms. The average Bonchev–Trinajstić information content (AvgIpc) is 3.40. The Hall–Kier alpha value is -4.59. The third-order valence-corrected chi connectivity index (χ3v) is 5.78. The molecule has 2 aromatic heterocycles. The summed E-state index contributed by atoms with van der Waals surface area (Å²) in [6.45, 7) is 0.231. The first-order chi connectivity index (χ1) is 17.0. The van der Waals surface area contributed by atoms with Crippen molar-refractivity contribution in [1.82, 2.24) is 19.9 Å². The minimum atomic E-state index is -0.713. The van der Waals surface area contributed by atoms with E-state index in [4.69, 9.17) is 0 Å². The van der Waals surface area contributed by atoms with E-state index in [0.717, 1.165) is 28.8 Å². The molecule has 0 atom stereocenters. The van der Waals surface area contributed by atoms with Gasteiger partial charge in [0.2, 0.25) is 0 Å². The first-order valence-electron chi connectivity index (χ1n) is 10.9. The van der Waals surface area contributed by atoms with Crippen molar-refractivity contribution in [3.05, 3.63) is 124 Å². The second-order valence-corrected chi connectivity index (χ2v) is 8.12. The molecule has 6 nitrogen and oxygen atoms in total. The monoisotopic (exact) mass is 470 g/mol. The van der Waals surface area contributed by atoms with E-state index < -0.39 is 11.6 Å². The van der Waals surface area contributed by atoms with Gasteiger partial charge in [0, 0.05) is 36.1 Å². The standard InChI is InChI=1S/C27H20F2N4O2/c28-22-7-5-21(24(29)12-22)14-31-26(34)18-3-1-17(2-4-18)15-33-16-32-25-8-6-19(11-23(25)27(33)35)20-9-10-30-13-20/h1-13,16,30H,14-15H2,(H,31,34). The van der Waals surface area contributed by atoms with Crippen molar-refractivity contribution in [3.63, 3.8) is 0 Å². The van der Waals surface area contributed by atoms with Crippen molar-refractivity contribution in [2.75, 3.05) is 0 Å². The lowest BCUT2D eigenvalue weighted by atomic mass is 10.1. The number of hydrogen-bond acceptors (Lipinski definition) is 3. The molecule has 0 radical (unpaired) electrons. The lowest BCUT2D eigenvalue weighted by Crippen LogP contribution is -2.23. The summed E-state index contributed by atoms with van der Waals surface area (Å²) in [4.78, 5) is 32.9. The van der Waals surface area contributed by atoms with Crippen LogP contribution in [0.4, 0.5) is 8.78 Å². The van der Waals surface area contributed by atoms with Crippen molar-refractivity contribution in [2.45, 2.75) is 13.1 Å². The van der Waals surface area contributed by atoms with Gasteiger partial charge in [-0.25, -0.2) is 13.8 Å². The zero-order valence-electron chi connectivity index (χ0n) is 18.5. The molecule has 2 N–H and O–H groups in total. The van der Waals surface area contributed by atoms with Gasteiger partial charge in [-0.15, -0.1) is 0 Å². The molecule has 1 amide bonds. The number of amides is 1. The zero-order valence-corrected chi connectivity index (χ0v) is 18.5. The van der Waals surface area contributed by atoms with Crippen LogP contribution in [0.5, 0.6) is 0 Å². The summed E-state index contributed by atoms with van der Waals surface area (Å²) in [5.74, 6) is -1.77. The molecule has 174 valence electrons. The van der Waals surface area contributed by atoms with E-state index in [0.29, 0.717) is 23.0 Å². The minimum absolute atomic E-state index is 0.0599. The number of benzene rings is 3. The fourth-order valence-electron chi connectivity index (χ4n) is 3.86. The van der Waals surface area contributed by atoms with Crippen molar-refractivity contribution in [3.8, 4) is 11.1 Å². The number of halogens is 2. The quantitative estimate of drug-likeness (QED) is 0.379. The fraction of sp³-hybridized carbons (Fsp3) is 0.0741. The molecule has 0 spiro atoms. The normalized spacial score (nSPS) is 11.0. The van der Waals surface area contributed by atoms with E-state index in [-0.39, 0.29) is 23.6 Å². The van der Waals surface area contributed by atoms with Crippen LogP contribution in [-0.4, -0.2) is 20.4 Å². The van der Waals surface area contributed by atoms with Crippen LogP contribution in [0.3, 0.4) is 0 Å². The Morgan fingerprint density at radius 1 is 0.971 bits per heavy atom. The molecular weight excluding hydrogens is 450 g/mol. The van der Waals surface area contributed by atoms with Crippen LogP contribution >= 0.6 is 0 Å². The SMILES string of the molecule is O=C(NCc1ccc(F)cc1F)c1ccc(Cn2cnc3ccc(-c4cc[nH]c4)cc3c2=O)cc1. The number of carbonyl (C=O) groups is 1. The van der Waals surface area contributed by atoms with Gasteiger partial charge in [0.25, 0.3) is 11.5 Å². The number of rotatable bonds is 6. The van der Waals surface area contributed by atoms with Gasteiger partial charge in [-0.2, -0.15) is 0 Å². The molecule has 2 heterocycles. The third-order valence-electron chi connectivity index (χ3n) is 5.78. The van der Waals surface area contributed by atoms with Crippen LogP contribution < -0.4 is 10.9 Å². The average molecular weight is 470 g/mol. The highest BCUT2D eigenvalue weighted by Gasteiger charge is 2.10. The summed E-state index contributed by atoms with van der Waals surface area (Å²) >= 11 is 0. The Morgan fingerprint density at radius 2 is 1.80 bits per heavy atom. The van der Waals surface area contributed by atoms with E-state index in [1.54, 1.807) is 24.3 Å². The van der Waals surface area contributed by atoms with E-state index in [9.17, 15) is 18.4 Å². The maximum Gasteiger partial charge on any atom is 0.261 e. The number of hydrogen-bond donors (Lipinski definition) is 2. The number of nitrogens with one attached hydrogen (secondary N) is 2. The van der Waals surface area contributed by atoms with Crippen molar-refractivity contribution < 1.29 is 13.6 Å².